The molecule has 8 heteroatoms. The van der Waals surface area contributed by atoms with Gasteiger partial charge in [-0.15, -0.1) is 0 Å². The number of rotatable bonds is 4. The summed E-state index contributed by atoms with van der Waals surface area (Å²) < 4.78 is 5.45. The molecule has 3 aliphatic heterocycles. The molecule has 0 saturated carbocycles. The number of hydrogen-bond donors (Lipinski definition) is 1. The van der Waals surface area contributed by atoms with Crippen LogP contribution < -0.4 is 5.32 Å². The lowest BCUT2D eigenvalue weighted by molar-refractivity contribution is -0.136. The number of aromatic nitrogens is 3. The van der Waals surface area contributed by atoms with E-state index in [1.165, 1.54) is 5.56 Å². The van der Waals surface area contributed by atoms with Gasteiger partial charge in [-0.2, -0.15) is 0 Å². The Morgan fingerprint density at radius 1 is 1.18 bits per heavy atom. The van der Waals surface area contributed by atoms with Crippen LogP contribution in [0.25, 0.3) is 6.08 Å². The van der Waals surface area contributed by atoms with E-state index in [-0.39, 0.29) is 17.7 Å². The van der Waals surface area contributed by atoms with Crippen molar-refractivity contribution >= 4 is 17.9 Å². The van der Waals surface area contributed by atoms with E-state index in [0.717, 1.165) is 68.2 Å². The number of anilines is 1. The molecule has 34 heavy (non-hydrogen) atoms. The first-order valence-electron chi connectivity index (χ1n) is 12.3. The molecular formula is C26H34N6O2. The Labute approximate surface area is 201 Å². The molecule has 0 aliphatic carbocycles. The first-order chi connectivity index (χ1) is 16.5. The summed E-state index contributed by atoms with van der Waals surface area (Å²) >= 11 is 0. The molecule has 2 saturated heterocycles. The zero-order chi connectivity index (χ0) is 23.7. The summed E-state index contributed by atoms with van der Waals surface area (Å²) in [5.74, 6) is 0.905. The van der Waals surface area contributed by atoms with Crippen molar-refractivity contribution in [1.82, 2.24) is 24.8 Å². The third kappa shape index (κ3) is 4.83. The highest BCUT2D eigenvalue weighted by atomic mass is 16.5. The lowest BCUT2D eigenvalue weighted by Gasteiger charge is -2.39. The Kier molecular flexibility index (Phi) is 6.61. The molecule has 2 unspecified atom stereocenters. The minimum atomic E-state index is -0.0652. The highest BCUT2D eigenvalue weighted by Gasteiger charge is 2.38. The fourth-order valence-corrected chi connectivity index (χ4v) is 5.34. The molecule has 0 bridgehead atoms. The standard InChI is InChI=1S/C26H34N6O2/c1-17-12-19(4-8-27-17)23-15-31(3)9-5-22(23)25(33)32-16-24-20(13-18(32)2)14-28-26(30-24)29-21-6-10-34-11-7-21/h4,8,12-14,21-23H,5-7,9-11,15-16H2,1-3H3,(H,28,29,30). The maximum Gasteiger partial charge on any atom is 0.230 e. The molecule has 3 aliphatic rings. The number of allylic oxidation sites excluding steroid dienone is 1. The van der Waals surface area contributed by atoms with Crippen molar-refractivity contribution < 1.29 is 9.53 Å². The van der Waals surface area contributed by atoms with E-state index < -0.39 is 0 Å². The van der Waals surface area contributed by atoms with E-state index in [9.17, 15) is 4.79 Å². The maximum absolute atomic E-state index is 13.9. The first-order valence-corrected chi connectivity index (χ1v) is 12.3. The summed E-state index contributed by atoms with van der Waals surface area (Å²) in [6, 6.07) is 4.52. The Morgan fingerprint density at radius 2 is 2.00 bits per heavy atom. The molecule has 0 radical (unpaired) electrons. The van der Waals surface area contributed by atoms with Crippen LogP contribution in [0.2, 0.25) is 0 Å². The van der Waals surface area contributed by atoms with E-state index in [1.54, 1.807) is 0 Å². The van der Waals surface area contributed by atoms with Crippen LogP contribution in [0.1, 0.15) is 54.6 Å². The Bertz CT molecular complexity index is 1080. The van der Waals surface area contributed by atoms with Crippen LogP contribution in [0.3, 0.4) is 0 Å². The zero-order valence-electron chi connectivity index (χ0n) is 20.3. The molecule has 2 atom stereocenters. The summed E-state index contributed by atoms with van der Waals surface area (Å²) in [4.78, 5) is 31.9. The van der Waals surface area contributed by atoms with Gasteiger partial charge in [0.2, 0.25) is 11.9 Å². The Balaban J connectivity index is 1.36. The lowest BCUT2D eigenvalue weighted by atomic mass is 9.79. The summed E-state index contributed by atoms with van der Waals surface area (Å²) in [5, 5.41) is 3.45. The average molecular weight is 463 g/mol. The van der Waals surface area contributed by atoms with Gasteiger partial charge in [0.05, 0.1) is 12.2 Å². The van der Waals surface area contributed by atoms with Gasteiger partial charge in [0.25, 0.3) is 0 Å². The predicted molar refractivity (Wildman–Crippen MR) is 131 cm³/mol. The van der Waals surface area contributed by atoms with Gasteiger partial charge in [0, 0.05) is 67.0 Å². The lowest BCUT2D eigenvalue weighted by Crippen LogP contribution is -2.45. The van der Waals surface area contributed by atoms with Gasteiger partial charge in [0.15, 0.2) is 0 Å². The molecule has 8 nitrogen and oxygen atoms in total. The number of carbonyl (C=O) groups excluding carboxylic acids is 1. The average Bonchev–Trinajstić information content (AvgIpc) is 2.84. The minimum absolute atomic E-state index is 0.0652. The van der Waals surface area contributed by atoms with Crippen LogP contribution >= 0.6 is 0 Å². The number of likely N-dealkylation sites (tertiary alicyclic amines) is 1. The summed E-state index contributed by atoms with van der Waals surface area (Å²) in [5.41, 5.74) is 5.02. The number of fused-ring (bicyclic) bond motifs is 1. The zero-order valence-corrected chi connectivity index (χ0v) is 20.3. The molecule has 1 N–H and O–H groups in total. The van der Waals surface area contributed by atoms with E-state index in [4.69, 9.17) is 9.72 Å². The number of aryl methyl sites for hydroxylation is 1. The largest absolute Gasteiger partial charge is 0.381 e. The van der Waals surface area contributed by atoms with Crippen molar-refractivity contribution in [2.45, 2.75) is 51.6 Å². The maximum atomic E-state index is 13.9. The second-order valence-corrected chi connectivity index (χ2v) is 9.83. The minimum Gasteiger partial charge on any atom is -0.381 e. The van der Waals surface area contributed by atoms with Crippen molar-refractivity contribution in [3.63, 3.8) is 0 Å². The SMILES string of the molecule is CC1=Cc2cnc(NC3CCOCC3)nc2CN1C(=O)C1CCN(C)CC1c1ccnc(C)c1. The van der Waals surface area contributed by atoms with E-state index in [1.807, 2.05) is 37.2 Å². The number of hydrogen-bond acceptors (Lipinski definition) is 7. The molecule has 0 spiro atoms. The van der Waals surface area contributed by atoms with E-state index >= 15 is 0 Å². The van der Waals surface area contributed by atoms with Crippen molar-refractivity contribution in [2.75, 3.05) is 38.7 Å². The number of nitrogens with one attached hydrogen (secondary N) is 1. The molecule has 5 rings (SSSR count). The fourth-order valence-electron chi connectivity index (χ4n) is 5.34. The van der Waals surface area contributed by atoms with Gasteiger partial charge in [-0.05, 0) is 70.5 Å². The Morgan fingerprint density at radius 3 is 2.79 bits per heavy atom. The summed E-state index contributed by atoms with van der Waals surface area (Å²) in [6.45, 7) is 7.82. The molecule has 2 aromatic rings. The predicted octanol–water partition coefficient (Wildman–Crippen LogP) is 3.21. The van der Waals surface area contributed by atoms with E-state index in [2.05, 4.69) is 39.4 Å². The van der Waals surface area contributed by atoms with Crippen LogP contribution in [0.15, 0.2) is 30.2 Å². The van der Waals surface area contributed by atoms with Crippen molar-refractivity contribution in [2.24, 2.45) is 5.92 Å². The number of piperidine rings is 1. The third-order valence-electron chi connectivity index (χ3n) is 7.30. The van der Waals surface area contributed by atoms with Crippen LogP contribution in [0.5, 0.6) is 0 Å². The van der Waals surface area contributed by atoms with Crippen LogP contribution in [0.4, 0.5) is 5.95 Å². The monoisotopic (exact) mass is 462 g/mol. The molecule has 5 heterocycles. The van der Waals surface area contributed by atoms with Crippen molar-refractivity contribution in [3.05, 3.63) is 52.7 Å². The van der Waals surface area contributed by atoms with Crippen molar-refractivity contribution in [3.8, 4) is 0 Å². The summed E-state index contributed by atoms with van der Waals surface area (Å²) in [7, 11) is 2.13. The molecule has 2 fully saturated rings. The number of ether oxygens (including phenoxy) is 1. The molecular weight excluding hydrogens is 428 g/mol. The summed E-state index contributed by atoms with van der Waals surface area (Å²) in [6.07, 6.45) is 8.51. The second kappa shape index (κ2) is 9.80. The highest BCUT2D eigenvalue weighted by molar-refractivity contribution is 5.83. The number of pyridine rings is 1. The highest BCUT2D eigenvalue weighted by Crippen LogP contribution is 2.36. The first kappa shape index (κ1) is 22.9. The van der Waals surface area contributed by atoms with Gasteiger partial charge >= 0.3 is 0 Å². The van der Waals surface area contributed by atoms with Gasteiger partial charge in [-0.3, -0.25) is 9.78 Å². The molecule has 180 valence electrons. The van der Waals surface area contributed by atoms with Gasteiger partial charge in [0.1, 0.15) is 0 Å². The van der Waals surface area contributed by atoms with Crippen molar-refractivity contribution in [1.29, 1.82) is 0 Å². The second-order valence-electron chi connectivity index (χ2n) is 9.83. The van der Waals surface area contributed by atoms with Crippen LogP contribution in [-0.4, -0.2) is 70.1 Å². The number of carbonyl (C=O) groups is 1. The van der Waals surface area contributed by atoms with Gasteiger partial charge in [-0.1, -0.05) is 0 Å². The van der Waals surface area contributed by atoms with Gasteiger partial charge < -0.3 is 19.9 Å². The third-order valence-corrected chi connectivity index (χ3v) is 7.30. The number of amides is 1. The molecule has 0 aromatic carbocycles. The molecule has 2 aromatic heterocycles. The topological polar surface area (TPSA) is 83.5 Å². The Hall–Kier alpha value is -2.84. The molecule has 1 amide bonds. The fraction of sp³-hybridized carbons (Fsp3) is 0.538. The normalized spacial score (nSPS) is 23.9. The van der Waals surface area contributed by atoms with Crippen LogP contribution in [-0.2, 0) is 16.1 Å². The quantitative estimate of drug-likeness (QED) is 0.747. The van der Waals surface area contributed by atoms with Gasteiger partial charge in [-0.25, -0.2) is 9.97 Å². The number of likely N-dealkylation sites (N-methyl/N-ethyl adjacent to an activating group) is 1. The van der Waals surface area contributed by atoms with E-state index in [0.29, 0.717) is 18.5 Å². The number of nitrogens with zero attached hydrogens (tertiary/aromatic N) is 5. The smallest absolute Gasteiger partial charge is 0.230 e. The van der Waals surface area contributed by atoms with Crippen LogP contribution in [0, 0.1) is 12.8 Å².